The van der Waals surface area contributed by atoms with Crippen molar-refractivity contribution in [2.45, 2.75) is 27.3 Å². The minimum Gasteiger partial charge on any atom is -0.366 e. The summed E-state index contributed by atoms with van der Waals surface area (Å²) in [6, 6.07) is 18.0. The van der Waals surface area contributed by atoms with E-state index in [1.165, 1.54) is 0 Å². The number of aromatic nitrogens is 3. The van der Waals surface area contributed by atoms with Crippen LogP contribution in [-0.2, 0) is 6.54 Å². The number of nitrogens with zero attached hydrogens (tertiary/aromatic N) is 4. The van der Waals surface area contributed by atoms with Gasteiger partial charge in [0.25, 0.3) is 0 Å². The molecule has 2 aromatic heterocycles. The van der Waals surface area contributed by atoms with Gasteiger partial charge in [0.1, 0.15) is 5.82 Å². The zero-order valence-corrected chi connectivity index (χ0v) is 19.3. The molecule has 0 unspecified atom stereocenters. The summed E-state index contributed by atoms with van der Waals surface area (Å²) >= 11 is 6.11. The smallest absolute Gasteiger partial charge is 0.227 e. The molecule has 0 aliphatic rings. The molecule has 2 aromatic carbocycles. The van der Waals surface area contributed by atoms with Gasteiger partial charge in [-0.3, -0.25) is 4.98 Å². The van der Waals surface area contributed by atoms with Crippen LogP contribution in [-0.4, -0.2) is 28.0 Å². The van der Waals surface area contributed by atoms with Crippen molar-refractivity contribution in [2.24, 2.45) is 0 Å². The summed E-state index contributed by atoms with van der Waals surface area (Å²) in [7, 11) is 0. The molecule has 0 fully saturated rings. The van der Waals surface area contributed by atoms with E-state index in [0.717, 1.165) is 58.4 Å². The first kappa shape index (κ1) is 21.8. The van der Waals surface area contributed by atoms with Crippen molar-refractivity contribution in [2.75, 3.05) is 28.6 Å². The molecule has 32 heavy (non-hydrogen) atoms. The molecule has 4 aromatic rings. The van der Waals surface area contributed by atoms with E-state index in [2.05, 4.69) is 57.5 Å². The third-order valence-corrected chi connectivity index (χ3v) is 5.51. The normalized spacial score (nSPS) is 10.9. The number of benzene rings is 2. The van der Waals surface area contributed by atoms with Crippen molar-refractivity contribution >= 4 is 45.6 Å². The van der Waals surface area contributed by atoms with Gasteiger partial charge in [0, 0.05) is 59.4 Å². The molecule has 0 aliphatic heterocycles. The number of nitrogens with one attached hydrogen (secondary N) is 2. The highest BCUT2D eigenvalue weighted by molar-refractivity contribution is 6.31. The fourth-order valence-electron chi connectivity index (χ4n) is 3.63. The lowest BCUT2D eigenvalue weighted by Gasteiger charge is -2.19. The van der Waals surface area contributed by atoms with Gasteiger partial charge in [0.2, 0.25) is 5.95 Å². The summed E-state index contributed by atoms with van der Waals surface area (Å²) in [5.74, 6) is 1.59. The maximum absolute atomic E-state index is 6.11. The van der Waals surface area contributed by atoms with Crippen LogP contribution in [0.4, 0.5) is 23.1 Å². The molecule has 2 N–H and O–H groups in total. The van der Waals surface area contributed by atoms with Crippen molar-refractivity contribution in [1.82, 2.24) is 15.0 Å². The molecule has 0 bridgehead atoms. The predicted octanol–water partition coefficient (Wildman–Crippen LogP) is 6.19. The number of hydrogen-bond donors (Lipinski definition) is 2. The van der Waals surface area contributed by atoms with Gasteiger partial charge in [-0.15, -0.1) is 0 Å². The quantitative estimate of drug-likeness (QED) is 0.336. The Hall–Kier alpha value is -3.38. The lowest BCUT2D eigenvalue weighted by Crippen LogP contribution is -2.24. The summed E-state index contributed by atoms with van der Waals surface area (Å²) in [5.41, 5.74) is 4.96. The molecule has 4 rings (SSSR count). The van der Waals surface area contributed by atoms with E-state index in [-0.39, 0.29) is 0 Å². The van der Waals surface area contributed by atoms with E-state index in [4.69, 9.17) is 16.6 Å². The molecule has 0 saturated carbocycles. The molecule has 0 spiro atoms. The second-order valence-corrected chi connectivity index (χ2v) is 8.00. The zero-order valence-electron chi connectivity index (χ0n) is 18.6. The average Bonchev–Trinajstić information content (AvgIpc) is 2.78. The third-order valence-electron chi connectivity index (χ3n) is 5.27. The van der Waals surface area contributed by atoms with Crippen LogP contribution < -0.4 is 15.5 Å². The van der Waals surface area contributed by atoms with Gasteiger partial charge in [-0.05, 0) is 62.7 Å². The monoisotopic (exact) mass is 446 g/mol. The standard InChI is InChI=1S/C25H27ClN6/c1-4-32(5-2)25-29-17(3)13-24(31-25)28-16-18-7-6-8-20(14-18)30-22-11-12-27-23-15-19(26)9-10-21(22)23/h6-15H,4-5,16H2,1-3H3,(H,27,30)(H,28,29,31). The van der Waals surface area contributed by atoms with E-state index < -0.39 is 0 Å². The van der Waals surface area contributed by atoms with E-state index in [1.54, 1.807) is 6.20 Å². The van der Waals surface area contributed by atoms with Crippen LogP contribution in [0.15, 0.2) is 60.8 Å². The Morgan fingerprint density at radius 3 is 2.62 bits per heavy atom. The Balaban J connectivity index is 1.50. The molecule has 0 aliphatic carbocycles. The van der Waals surface area contributed by atoms with Gasteiger partial charge in [0.05, 0.1) is 5.52 Å². The first-order valence-electron chi connectivity index (χ1n) is 10.8. The van der Waals surface area contributed by atoms with Crippen LogP contribution in [0.2, 0.25) is 5.02 Å². The maximum Gasteiger partial charge on any atom is 0.227 e. The first-order valence-corrected chi connectivity index (χ1v) is 11.2. The van der Waals surface area contributed by atoms with Gasteiger partial charge in [0.15, 0.2) is 0 Å². The van der Waals surface area contributed by atoms with Crippen LogP contribution in [0.3, 0.4) is 0 Å². The van der Waals surface area contributed by atoms with Crippen molar-refractivity contribution < 1.29 is 0 Å². The number of rotatable bonds is 8. The molecule has 164 valence electrons. The average molecular weight is 447 g/mol. The number of aryl methyl sites for hydroxylation is 1. The Bertz CT molecular complexity index is 1220. The Morgan fingerprint density at radius 2 is 1.81 bits per heavy atom. The third kappa shape index (κ3) is 5.08. The highest BCUT2D eigenvalue weighted by Crippen LogP contribution is 2.27. The second kappa shape index (κ2) is 9.83. The zero-order chi connectivity index (χ0) is 22.5. The Kier molecular flexibility index (Phi) is 6.71. The number of anilines is 4. The van der Waals surface area contributed by atoms with Crippen molar-refractivity contribution in [3.63, 3.8) is 0 Å². The molecule has 7 heteroatoms. The van der Waals surface area contributed by atoms with E-state index in [9.17, 15) is 0 Å². The highest BCUT2D eigenvalue weighted by Gasteiger charge is 2.09. The number of pyridine rings is 1. The van der Waals surface area contributed by atoms with Crippen LogP contribution in [0.25, 0.3) is 10.9 Å². The van der Waals surface area contributed by atoms with Gasteiger partial charge in [-0.2, -0.15) is 4.98 Å². The second-order valence-electron chi connectivity index (χ2n) is 7.57. The highest BCUT2D eigenvalue weighted by atomic mass is 35.5. The lowest BCUT2D eigenvalue weighted by atomic mass is 10.1. The Labute approximate surface area is 193 Å². The van der Waals surface area contributed by atoms with E-state index >= 15 is 0 Å². The summed E-state index contributed by atoms with van der Waals surface area (Å²) in [6.07, 6.45) is 1.79. The predicted molar refractivity (Wildman–Crippen MR) is 134 cm³/mol. The number of halogens is 1. The van der Waals surface area contributed by atoms with Gasteiger partial charge in [-0.1, -0.05) is 23.7 Å². The minimum absolute atomic E-state index is 0.663. The number of fused-ring (bicyclic) bond motifs is 1. The fraction of sp³-hybridized carbons (Fsp3) is 0.240. The maximum atomic E-state index is 6.11. The largest absolute Gasteiger partial charge is 0.366 e. The molecule has 6 nitrogen and oxygen atoms in total. The molecule has 0 radical (unpaired) electrons. The summed E-state index contributed by atoms with van der Waals surface area (Å²) in [5, 5.41) is 8.66. The summed E-state index contributed by atoms with van der Waals surface area (Å²) in [6.45, 7) is 8.64. The van der Waals surface area contributed by atoms with Crippen LogP contribution >= 0.6 is 11.6 Å². The summed E-state index contributed by atoms with van der Waals surface area (Å²) < 4.78 is 0. The van der Waals surface area contributed by atoms with E-state index in [1.807, 2.05) is 43.3 Å². The molecular formula is C25H27ClN6. The summed E-state index contributed by atoms with van der Waals surface area (Å²) in [4.78, 5) is 15.8. The molecule has 0 atom stereocenters. The van der Waals surface area contributed by atoms with Crippen LogP contribution in [0.5, 0.6) is 0 Å². The van der Waals surface area contributed by atoms with Crippen molar-refractivity contribution in [3.8, 4) is 0 Å². The van der Waals surface area contributed by atoms with Gasteiger partial charge < -0.3 is 15.5 Å². The lowest BCUT2D eigenvalue weighted by molar-refractivity contribution is 0.816. The molecular weight excluding hydrogens is 420 g/mol. The minimum atomic E-state index is 0.663. The van der Waals surface area contributed by atoms with E-state index in [0.29, 0.717) is 11.6 Å². The van der Waals surface area contributed by atoms with Crippen molar-refractivity contribution in [1.29, 1.82) is 0 Å². The van der Waals surface area contributed by atoms with Gasteiger partial charge in [-0.25, -0.2) is 4.98 Å². The molecule has 0 amide bonds. The van der Waals surface area contributed by atoms with Crippen molar-refractivity contribution in [3.05, 3.63) is 77.1 Å². The fourth-order valence-corrected chi connectivity index (χ4v) is 3.80. The van der Waals surface area contributed by atoms with Crippen LogP contribution in [0.1, 0.15) is 25.1 Å². The Morgan fingerprint density at radius 1 is 0.969 bits per heavy atom. The van der Waals surface area contributed by atoms with Gasteiger partial charge >= 0.3 is 0 Å². The topological polar surface area (TPSA) is 66.0 Å². The van der Waals surface area contributed by atoms with Crippen LogP contribution in [0, 0.1) is 6.92 Å². The first-order chi connectivity index (χ1) is 15.6. The SMILES string of the molecule is CCN(CC)c1nc(C)cc(NCc2cccc(Nc3ccnc4cc(Cl)ccc34)c2)n1. The molecule has 0 saturated heterocycles. The number of hydrogen-bond acceptors (Lipinski definition) is 6. The molecule has 2 heterocycles.